The number of aromatic nitrogens is 1. The van der Waals surface area contributed by atoms with Crippen molar-refractivity contribution in [3.63, 3.8) is 0 Å². The zero-order chi connectivity index (χ0) is 51.7. The van der Waals surface area contributed by atoms with E-state index in [9.17, 15) is 0 Å². The zero-order valence-corrected chi connectivity index (χ0v) is 43.5. The second-order valence-corrected chi connectivity index (χ2v) is 22.2. The van der Waals surface area contributed by atoms with Crippen molar-refractivity contribution in [2.24, 2.45) is 0 Å². The first kappa shape index (κ1) is 44.8. The highest BCUT2D eigenvalue weighted by molar-refractivity contribution is 6.10. The molecule has 78 heavy (non-hydrogen) atoms. The van der Waals surface area contributed by atoms with Crippen molar-refractivity contribution in [2.45, 2.75) is 37.0 Å². The molecule has 2 aromatic heterocycles. The lowest BCUT2D eigenvalue weighted by Gasteiger charge is -2.31. The highest BCUT2D eigenvalue weighted by atomic mass is 16.3. The summed E-state index contributed by atoms with van der Waals surface area (Å²) in [5.41, 5.74) is 26.8. The molecule has 368 valence electrons. The molecule has 0 bridgehead atoms. The summed E-state index contributed by atoms with van der Waals surface area (Å²) < 4.78 is 9.91. The van der Waals surface area contributed by atoms with Crippen LogP contribution < -0.4 is 0 Å². The Labute approximate surface area is 455 Å². The summed E-state index contributed by atoms with van der Waals surface area (Å²) in [5, 5.41) is 2.52. The Morgan fingerprint density at radius 3 is 1.64 bits per heavy atom. The van der Waals surface area contributed by atoms with Gasteiger partial charge < -0.3 is 8.98 Å². The van der Waals surface area contributed by atoms with Crippen LogP contribution in [-0.4, -0.2) is 4.57 Å². The Bertz CT molecular complexity index is 4490. The van der Waals surface area contributed by atoms with Crippen LogP contribution in [-0.2, 0) is 17.3 Å². The van der Waals surface area contributed by atoms with E-state index < -0.39 is 5.41 Å². The van der Waals surface area contributed by atoms with E-state index in [1.54, 1.807) is 0 Å². The lowest BCUT2D eigenvalue weighted by atomic mass is 9.69. The summed E-state index contributed by atoms with van der Waals surface area (Å²) in [6.45, 7) is 4.78. The van der Waals surface area contributed by atoms with Gasteiger partial charge in [-0.25, -0.2) is 0 Å². The molecule has 0 saturated heterocycles. The molecule has 0 radical (unpaired) electrons. The topological polar surface area (TPSA) is 18.1 Å². The van der Waals surface area contributed by atoms with Gasteiger partial charge in [0.1, 0.15) is 11.5 Å². The molecule has 1 unspecified atom stereocenters. The second-order valence-electron chi connectivity index (χ2n) is 22.2. The van der Waals surface area contributed by atoms with E-state index in [0.29, 0.717) is 0 Å². The molecule has 11 aromatic carbocycles. The minimum atomic E-state index is -0.591. The molecular formula is C76H53NO. The van der Waals surface area contributed by atoms with Crippen LogP contribution in [0.5, 0.6) is 0 Å². The maximum atomic E-state index is 7.50. The van der Waals surface area contributed by atoms with Gasteiger partial charge in [0.25, 0.3) is 0 Å². The number of furan rings is 1. The average molecular weight is 996 g/mol. The van der Waals surface area contributed by atoms with Crippen molar-refractivity contribution in [2.75, 3.05) is 0 Å². The standard InChI is InChI=1S/C76H53NO/c1-75(2)64-30-16-12-26-56(64)59-41-40-54(46-68(59)75)62(50-37-35-49(36-38-50)53-39-42-61-60-29-15-19-33-69(60)77(70(61)47-53)55-24-10-5-11-25-55)44-48-34-43-67-63(45-48)74-72(76(67)65-31-17-13-27-57(65)58-28-14-18-32-66(58)76)71(51-20-6-3-7-21-51)73(78-74)52-22-8-4-9-23-52/h3-43,45-47,62H,44H2,1-2H3. The minimum Gasteiger partial charge on any atom is -0.455 e. The van der Waals surface area contributed by atoms with Gasteiger partial charge in [-0.1, -0.05) is 250 Å². The first-order valence-corrected chi connectivity index (χ1v) is 27.5. The van der Waals surface area contributed by atoms with Crippen LogP contribution in [0.1, 0.15) is 69.8 Å². The van der Waals surface area contributed by atoms with E-state index in [2.05, 4.69) is 285 Å². The third-order valence-corrected chi connectivity index (χ3v) is 17.9. The van der Waals surface area contributed by atoms with E-state index in [4.69, 9.17) is 4.42 Å². The SMILES string of the molecule is CC1(C)c2ccccc2-c2ccc(C(Cc3ccc4c(c3)-c3oc(-c5ccccc5)c(-c5ccccc5)c3C43c4ccccc4-c4ccccc43)c3ccc(-c4ccc5c6ccccc6n(-c6ccccc6)c5c4)cc3)cc21. The minimum absolute atomic E-state index is 0.0594. The molecule has 2 heterocycles. The Balaban J connectivity index is 0.871. The number of hydrogen-bond acceptors (Lipinski definition) is 1. The van der Waals surface area contributed by atoms with Gasteiger partial charge in [0.05, 0.1) is 16.4 Å². The molecule has 16 rings (SSSR count). The van der Waals surface area contributed by atoms with Crippen LogP contribution in [0.4, 0.5) is 0 Å². The monoisotopic (exact) mass is 995 g/mol. The summed E-state index contributed by atoms with van der Waals surface area (Å²) in [7, 11) is 0. The zero-order valence-electron chi connectivity index (χ0n) is 43.5. The van der Waals surface area contributed by atoms with Crippen LogP contribution in [0.2, 0.25) is 0 Å². The number of rotatable bonds is 8. The largest absolute Gasteiger partial charge is 0.455 e. The number of hydrogen-bond donors (Lipinski definition) is 0. The van der Waals surface area contributed by atoms with Crippen LogP contribution in [0.15, 0.2) is 271 Å². The summed E-state index contributed by atoms with van der Waals surface area (Å²) in [4.78, 5) is 0. The van der Waals surface area contributed by atoms with Gasteiger partial charge in [0.2, 0.25) is 0 Å². The quantitative estimate of drug-likeness (QED) is 0.148. The van der Waals surface area contributed by atoms with E-state index in [1.807, 2.05) is 0 Å². The molecule has 0 aliphatic heterocycles. The van der Waals surface area contributed by atoms with E-state index in [-0.39, 0.29) is 11.3 Å². The predicted molar refractivity (Wildman–Crippen MR) is 322 cm³/mol. The van der Waals surface area contributed by atoms with E-state index in [0.717, 1.165) is 45.9 Å². The van der Waals surface area contributed by atoms with Crippen LogP contribution >= 0.6 is 0 Å². The Morgan fingerprint density at radius 1 is 0.372 bits per heavy atom. The van der Waals surface area contributed by atoms with E-state index >= 15 is 0 Å². The fraction of sp³-hybridized carbons (Fsp3) is 0.0789. The molecule has 1 atom stereocenters. The van der Waals surface area contributed by atoms with Gasteiger partial charge in [-0.15, -0.1) is 0 Å². The smallest absolute Gasteiger partial charge is 0.142 e. The molecule has 0 N–H and O–H groups in total. The molecule has 2 heteroatoms. The van der Waals surface area contributed by atoms with Gasteiger partial charge in [0.15, 0.2) is 0 Å². The van der Waals surface area contributed by atoms with Crippen molar-refractivity contribution >= 4 is 21.8 Å². The van der Waals surface area contributed by atoms with Gasteiger partial charge in [-0.2, -0.15) is 0 Å². The number of nitrogens with zero attached hydrogens (tertiary/aromatic N) is 1. The summed E-state index contributed by atoms with van der Waals surface area (Å²) in [5.74, 6) is 1.92. The molecule has 0 amide bonds. The molecule has 3 aliphatic rings. The fourth-order valence-electron chi connectivity index (χ4n) is 14.3. The Kier molecular flexibility index (Phi) is 9.76. The van der Waals surface area contributed by atoms with Gasteiger partial charge in [-0.3, -0.25) is 0 Å². The van der Waals surface area contributed by atoms with Crippen LogP contribution in [0.25, 0.3) is 94.6 Å². The summed E-state index contributed by atoms with van der Waals surface area (Å²) in [6.07, 6.45) is 0.801. The predicted octanol–water partition coefficient (Wildman–Crippen LogP) is 19.4. The van der Waals surface area contributed by atoms with Gasteiger partial charge in [0, 0.05) is 50.0 Å². The van der Waals surface area contributed by atoms with Gasteiger partial charge >= 0.3 is 0 Å². The molecule has 13 aromatic rings. The van der Waals surface area contributed by atoms with Crippen LogP contribution in [0.3, 0.4) is 0 Å². The normalized spacial score (nSPS) is 14.2. The van der Waals surface area contributed by atoms with Crippen molar-refractivity contribution < 1.29 is 4.42 Å². The molecule has 0 fully saturated rings. The highest BCUT2D eigenvalue weighted by Gasteiger charge is 2.55. The third kappa shape index (κ3) is 6.38. The maximum absolute atomic E-state index is 7.50. The highest BCUT2D eigenvalue weighted by Crippen LogP contribution is 2.66. The second kappa shape index (κ2) is 17.0. The lowest BCUT2D eigenvalue weighted by Crippen LogP contribution is -2.26. The molecule has 0 saturated carbocycles. The number of benzene rings is 11. The first-order valence-electron chi connectivity index (χ1n) is 27.5. The lowest BCUT2D eigenvalue weighted by molar-refractivity contribution is 0.596. The van der Waals surface area contributed by atoms with Crippen molar-refractivity contribution in [1.82, 2.24) is 4.57 Å². The van der Waals surface area contributed by atoms with E-state index in [1.165, 1.54) is 105 Å². The molecular weight excluding hydrogens is 943 g/mol. The van der Waals surface area contributed by atoms with Crippen molar-refractivity contribution in [1.29, 1.82) is 0 Å². The first-order chi connectivity index (χ1) is 38.4. The Hall–Kier alpha value is -9.50. The van der Waals surface area contributed by atoms with Gasteiger partial charge in [-0.05, 0) is 120 Å². The van der Waals surface area contributed by atoms with Crippen molar-refractivity contribution in [3.05, 3.63) is 317 Å². The number of para-hydroxylation sites is 2. The average Bonchev–Trinajstić information content (AvgIpc) is 3.31. The third-order valence-electron chi connectivity index (χ3n) is 17.9. The molecule has 3 aliphatic carbocycles. The maximum Gasteiger partial charge on any atom is 0.142 e. The summed E-state index contributed by atoms with van der Waals surface area (Å²) >= 11 is 0. The van der Waals surface area contributed by atoms with Crippen molar-refractivity contribution in [3.8, 4) is 72.8 Å². The number of fused-ring (bicyclic) bond motifs is 16. The Morgan fingerprint density at radius 2 is 0.923 bits per heavy atom. The molecule has 2 nitrogen and oxygen atoms in total. The summed E-state index contributed by atoms with van der Waals surface area (Å²) in [6, 6.07) is 99.4. The fourth-order valence-corrected chi connectivity index (χ4v) is 14.3. The van der Waals surface area contributed by atoms with Crippen LogP contribution in [0, 0.1) is 0 Å². The molecule has 1 spiro atoms.